The van der Waals surface area contributed by atoms with E-state index in [4.69, 9.17) is 0 Å². The van der Waals surface area contributed by atoms with E-state index in [2.05, 4.69) is 15.4 Å². The number of benzene rings is 1. The lowest BCUT2D eigenvalue weighted by molar-refractivity contribution is 0.400. The minimum Gasteiger partial charge on any atom is -0.504 e. The summed E-state index contributed by atoms with van der Waals surface area (Å²) in [5, 5.41) is 29.3. The first-order chi connectivity index (χ1) is 6.74. The Hall–Kier alpha value is -1.78. The first-order valence-electron chi connectivity index (χ1n) is 4.48. The van der Waals surface area contributed by atoms with Crippen molar-refractivity contribution >= 4 is 11.0 Å². The lowest BCUT2D eigenvalue weighted by Gasteiger charge is -2.04. The van der Waals surface area contributed by atoms with Gasteiger partial charge in [0.15, 0.2) is 11.5 Å². The van der Waals surface area contributed by atoms with Gasteiger partial charge in [-0.25, -0.2) is 0 Å². The topological polar surface area (TPSA) is 82.0 Å². The maximum Gasteiger partial charge on any atom is 0.163 e. The highest BCUT2D eigenvalue weighted by Gasteiger charge is 2.13. The first kappa shape index (κ1) is 8.80. The SMILES string of the molecule is CCCc1c(O)c(O)cc2n[nH]nc12. The summed E-state index contributed by atoms with van der Waals surface area (Å²) in [5.41, 5.74) is 1.85. The van der Waals surface area contributed by atoms with Crippen LogP contribution in [0.15, 0.2) is 6.07 Å². The number of aromatic amines is 1. The van der Waals surface area contributed by atoms with E-state index < -0.39 is 0 Å². The number of phenolic OH excluding ortho intramolecular Hbond substituents is 2. The van der Waals surface area contributed by atoms with Crippen LogP contribution in [0.5, 0.6) is 11.5 Å². The van der Waals surface area contributed by atoms with Crippen molar-refractivity contribution < 1.29 is 10.2 Å². The summed E-state index contributed by atoms with van der Waals surface area (Å²) in [6.45, 7) is 2.00. The average molecular weight is 193 g/mol. The van der Waals surface area contributed by atoms with Crippen LogP contribution in [0, 0.1) is 0 Å². The summed E-state index contributed by atoms with van der Waals surface area (Å²) in [5.74, 6) is -0.233. The lowest BCUT2D eigenvalue weighted by Crippen LogP contribution is -1.87. The van der Waals surface area contributed by atoms with Crippen molar-refractivity contribution in [2.24, 2.45) is 0 Å². The Labute approximate surface area is 80.4 Å². The molecule has 0 unspecified atom stereocenters. The van der Waals surface area contributed by atoms with Gasteiger partial charge in [-0.2, -0.15) is 15.4 Å². The lowest BCUT2D eigenvalue weighted by atomic mass is 10.1. The summed E-state index contributed by atoms with van der Waals surface area (Å²) in [7, 11) is 0. The Morgan fingerprint density at radius 1 is 1.36 bits per heavy atom. The van der Waals surface area contributed by atoms with Gasteiger partial charge in [0.1, 0.15) is 11.0 Å². The maximum atomic E-state index is 9.61. The molecule has 3 N–H and O–H groups in total. The summed E-state index contributed by atoms with van der Waals surface area (Å²) >= 11 is 0. The van der Waals surface area contributed by atoms with Gasteiger partial charge in [-0.15, -0.1) is 0 Å². The number of aryl methyl sites for hydroxylation is 1. The third-order valence-electron chi connectivity index (χ3n) is 2.16. The summed E-state index contributed by atoms with van der Waals surface area (Å²) < 4.78 is 0. The van der Waals surface area contributed by atoms with Crippen molar-refractivity contribution in [3.8, 4) is 11.5 Å². The fraction of sp³-hybridized carbons (Fsp3) is 0.333. The van der Waals surface area contributed by atoms with Crippen LogP contribution in [-0.2, 0) is 6.42 Å². The zero-order valence-corrected chi connectivity index (χ0v) is 7.78. The zero-order valence-electron chi connectivity index (χ0n) is 7.78. The highest BCUT2D eigenvalue weighted by Crippen LogP contribution is 2.34. The van der Waals surface area contributed by atoms with Crippen molar-refractivity contribution in [1.29, 1.82) is 0 Å². The molecule has 0 saturated heterocycles. The van der Waals surface area contributed by atoms with Gasteiger partial charge in [-0.1, -0.05) is 13.3 Å². The molecule has 1 aromatic heterocycles. The molecule has 0 saturated carbocycles. The van der Waals surface area contributed by atoms with Crippen LogP contribution < -0.4 is 0 Å². The molecule has 0 spiro atoms. The molecule has 2 aromatic rings. The van der Waals surface area contributed by atoms with Crippen molar-refractivity contribution in [1.82, 2.24) is 15.4 Å². The summed E-state index contributed by atoms with van der Waals surface area (Å²) in [4.78, 5) is 0. The summed E-state index contributed by atoms with van der Waals surface area (Å²) in [6.07, 6.45) is 1.54. The normalized spacial score (nSPS) is 10.9. The molecule has 0 amide bonds. The predicted molar refractivity (Wildman–Crippen MR) is 51.2 cm³/mol. The average Bonchev–Trinajstić information content (AvgIpc) is 2.60. The quantitative estimate of drug-likeness (QED) is 0.628. The Morgan fingerprint density at radius 2 is 2.14 bits per heavy atom. The van der Waals surface area contributed by atoms with Gasteiger partial charge in [-0.3, -0.25) is 0 Å². The number of aromatic hydroxyl groups is 2. The molecule has 0 aliphatic heterocycles. The Kier molecular flexibility index (Phi) is 1.99. The molecule has 1 heterocycles. The molecule has 0 bridgehead atoms. The number of nitrogens with zero attached hydrogens (tertiary/aromatic N) is 2. The van der Waals surface area contributed by atoms with Crippen molar-refractivity contribution in [3.05, 3.63) is 11.6 Å². The van der Waals surface area contributed by atoms with E-state index in [0.29, 0.717) is 23.0 Å². The fourth-order valence-electron chi connectivity index (χ4n) is 1.51. The van der Waals surface area contributed by atoms with Gasteiger partial charge in [0, 0.05) is 11.6 Å². The van der Waals surface area contributed by atoms with E-state index in [1.54, 1.807) is 0 Å². The minimum absolute atomic E-state index is 0.0896. The monoisotopic (exact) mass is 193 g/mol. The number of rotatable bonds is 2. The second-order valence-electron chi connectivity index (χ2n) is 3.16. The van der Waals surface area contributed by atoms with Gasteiger partial charge in [0.05, 0.1) is 0 Å². The van der Waals surface area contributed by atoms with E-state index in [1.807, 2.05) is 6.92 Å². The molecule has 1 aromatic carbocycles. The molecule has 0 fully saturated rings. The molecule has 0 atom stereocenters. The van der Waals surface area contributed by atoms with Crippen LogP contribution in [0.4, 0.5) is 0 Å². The second-order valence-corrected chi connectivity index (χ2v) is 3.16. The molecular weight excluding hydrogens is 182 g/mol. The van der Waals surface area contributed by atoms with Gasteiger partial charge < -0.3 is 10.2 Å². The number of hydrogen-bond donors (Lipinski definition) is 3. The number of fused-ring (bicyclic) bond motifs is 1. The molecule has 5 heteroatoms. The molecule has 0 aliphatic carbocycles. The maximum absolute atomic E-state index is 9.61. The van der Waals surface area contributed by atoms with E-state index in [9.17, 15) is 10.2 Å². The smallest absolute Gasteiger partial charge is 0.163 e. The van der Waals surface area contributed by atoms with Crippen LogP contribution in [0.2, 0.25) is 0 Å². The van der Waals surface area contributed by atoms with Crippen LogP contribution in [0.1, 0.15) is 18.9 Å². The molecule has 5 nitrogen and oxygen atoms in total. The van der Waals surface area contributed by atoms with E-state index >= 15 is 0 Å². The number of H-pyrrole nitrogens is 1. The van der Waals surface area contributed by atoms with Crippen molar-refractivity contribution in [2.45, 2.75) is 19.8 Å². The number of phenols is 2. The van der Waals surface area contributed by atoms with Crippen LogP contribution in [0.3, 0.4) is 0 Å². The number of hydrogen-bond acceptors (Lipinski definition) is 4. The standard InChI is InChI=1S/C9H11N3O2/c1-2-3-5-8-6(10-12-11-8)4-7(13)9(5)14/h4,13-14H,2-3H2,1H3,(H,10,11,12). The van der Waals surface area contributed by atoms with E-state index in [-0.39, 0.29) is 11.5 Å². The second kappa shape index (κ2) is 3.17. The van der Waals surface area contributed by atoms with Gasteiger partial charge in [-0.05, 0) is 6.42 Å². The van der Waals surface area contributed by atoms with Gasteiger partial charge in [0.25, 0.3) is 0 Å². The largest absolute Gasteiger partial charge is 0.504 e. The van der Waals surface area contributed by atoms with Crippen molar-refractivity contribution in [3.63, 3.8) is 0 Å². The van der Waals surface area contributed by atoms with E-state index in [0.717, 1.165) is 6.42 Å². The molecule has 2 rings (SSSR count). The molecule has 0 aliphatic rings. The fourth-order valence-corrected chi connectivity index (χ4v) is 1.51. The van der Waals surface area contributed by atoms with Gasteiger partial charge in [0.2, 0.25) is 0 Å². The summed E-state index contributed by atoms with van der Waals surface area (Å²) in [6, 6.07) is 1.40. The third-order valence-corrected chi connectivity index (χ3v) is 2.16. The highest BCUT2D eigenvalue weighted by molar-refractivity contribution is 5.82. The number of nitrogens with one attached hydrogen (secondary N) is 1. The Morgan fingerprint density at radius 3 is 2.86 bits per heavy atom. The Bertz CT molecular complexity index is 464. The molecule has 0 radical (unpaired) electrons. The van der Waals surface area contributed by atoms with Gasteiger partial charge >= 0.3 is 0 Å². The van der Waals surface area contributed by atoms with Crippen LogP contribution in [-0.4, -0.2) is 25.6 Å². The third kappa shape index (κ3) is 1.17. The minimum atomic E-state index is -0.144. The van der Waals surface area contributed by atoms with Crippen LogP contribution >= 0.6 is 0 Å². The molecular formula is C9H11N3O2. The zero-order chi connectivity index (χ0) is 10.1. The molecule has 14 heavy (non-hydrogen) atoms. The van der Waals surface area contributed by atoms with E-state index in [1.165, 1.54) is 6.07 Å². The first-order valence-corrected chi connectivity index (χ1v) is 4.48. The number of aromatic nitrogens is 3. The van der Waals surface area contributed by atoms with Crippen LogP contribution in [0.25, 0.3) is 11.0 Å². The Balaban J connectivity index is 2.73. The molecule has 74 valence electrons. The predicted octanol–water partition coefficient (Wildman–Crippen LogP) is 1.32. The van der Waals surface area contributed by atoms with Crippen molar-refractivity contribution in [2.75, 3.05) is 0 Å². The highest BCUT2D eigenvalue weighted by atomic mass is 16.3.